The Morgan fingerprint density at radius 3 is 2.50 bits per heavy atom. The van der Waals surface area contributed by atoms with Gasteiger partial charge < -0.3 is 10.0 Å². The number of carbonyl (C=O) groups is 2. The standard InChI is InChI=1S/C17H32N2O3/c1-17(2,3)10-5-8-15(20)19-11-6-7-14(9-12-19)18(4)13-16(21)22/h14H,5-13H2,1-4H3,(H,21,22). The van der Waals surface area contributed by atoms with E-state index < -0.39 is 5.97 Å². The Labute approximate surface area is 134 Å². The monoisotopic (exact) mass is 312 g/mol. The van der Waals surface area contributed by atoms with Crippen molar-refractivity contribution in [3.63, 3.8) is 0 Å². The average Bonchev–Trinajstić information content (AvgIpc) is 2.61. The van der Waals surface area contributed by atoms with Crippen LogP contribution in [0.5, 0.6) is 0 Å². The van der Waals surface area contributed by atoms with E-state index in [-0.39, 0.29) is 23.9 Å². The average molecular weight is 312 g/mol. The van der Waals surface area contributed by atoms with Gasteiger partial charge in [-0.25, -0.2) is 0 Å². The first-order chi connectivity index (χ1) is 10.2. The third kappa shape index (κ3) is 7.25. The first-order valence-corrected chi connectivity index (χ1v) is 8.39. The fourth-order valence-electron chi connectivity index (χ4n) is 3.04. The predicted molar refractivity (Wildman–Crippen MR) is 87.8 cm³/mol. The normalized spacial score (nSPS) is 20.0. The molecule has 1 rings (SSSR count). The molecule has 1 unspecified atom stereocenters. The van der Waals surface area contributed by atoms with Crippen molar-refractivity contribution in [1.82, 2.24) is 9.80 Å². The Morgan fingerprint density at radius 2 is 1.91 bits per heavy atom. The zero-order chi connectivity index (χ0) is 16.8. The van der Waals surface area contributed by atoms with Crippen molar-refractivity contribution in [2.45, 2.75) is 65.3 Å². The van der Waals surface area contributed by atoms with Crippen molar-refractivity contribution < 1.29 is 14.7 Å². The van der Waals surface area contributed by atoms with Gasteiger partial charge in [0.05, 0.1) is 6.54 Å². The maximum absolute atomic E-state index is 12.3. The molecule has 1 aliphatic rings. The number of rotatable bonds is 6. The van der Waals surface area contributed by atoms with E-state index in [0.717, 1.165) is 45.2 Å². The van der Waals surface area contributed by atoms with E-state index >= 15 is 0 Å². The van der Waals surface area contributed by atoms with Crippen LogP contribution in [0.2, 0.25) is 0 Å². The predicted octanol–water partition coefficient (Wildman–Crippen LogP) is 2.60. The highest BCUT2D eigenvalue weighted by molar-refractivity contribution is 5.76. The summed E-state index contributed by atoms with van der Waals surface area (Å²) in [4.78, 5) is 27.0. The summed E-state index contributed by atoms with van der Waals surface area (Å²) in [7, 11) is 1.86. The van der Waals surface area contributed by atoms with E-state index in [9.17, 15) is 9.59 Å². The van der Waals surface area contributed by atoms with E-state index in [1.807, 2.05) is 16.8 Å². The van der Waals surface area contributed by atoms with Crippen molar-refractivity contribution >= 4 is 11.9 Å². The van der Waals surface area contributed by atoms with E-state index in [1.165, 1.54) is 0 Å². The van der Waals surface area contributed by atoms with Gasteiger partial charge in [-0.3, -0.25) is 14.5 Å². The number of likely N-dealkylation sites (tertiary alicyclic amines) is 1. The minimum absolute atomic E-state index is 0.0736. The number of aliphatic carboxylic acids is 1. The molecule has 0 spiro atoms. The molecule has 5 nitrogen and oxygen atoms in total. The highest BCUT2D eigenvalue weighted by atomic mass is 16.4. The van der Waals surface area contributed by atoms with E-state index in [4.69, 9.17) is 5.11 Å². The molecule has 0 aromatic carbocycles. The highest BCUT2D eigenvalue weighted by Gasteiger charge is 2.24. The van der Waals surface area contributed by atoms with E-state index in [0.29, 0.717) is 6.42 Å². The van der Waals surface area contributed by atoms with Crippen molar-refractivity contribution in [2.75, 3.05) is 26.7 Å². The zero-order valence-electron chi connectivity index (χ0n) is 14.6. The Morgan fingerprint density at radius 1 is 1.23 bits per heavy atom. The van der Waals surface area contributed by atoms with Crippen LogP contribution in [0.1, 0.15) is 59.3 Å². The van der Waals surface area contributed by atoms with Crippen molar-refractivity contribution in [3.05, 3.63) is 0 Å². The molecule has 0 radical (unpaired) electrons. The number of carboxylic acids is 1. The smallest absolute Gasteiger partial charge is 0.317 e. The molecular weight excluding hydrogens is 280 g/mol. The summed E-state index contributed by atoms with van der Waals surface area (Å²) >= 11 is 0. The number of carboxylic acid groups (broad SMARTS) is 1. The summed E-state index contributed by atoms with van der Waals surface area (Å²) in [6.07, 6.45) is 5.44. The number of amides is 1. The van der Waals surface area contributed by atoms with Crippen molar-refractivity contribution in [1.29, 1.82) is 0 Å². The molecule has 0 aromatic heterocycles. The SMILES string of the molecule is CN(CC(=O)O)C1CCCN(C(=O)CCCC(C)(C)C)CC1. The molecule has 0 aromatic rings. The topological polar surface area (TPSA) is 60.9 Å². The number of likely N-dealkylation sites (N-methyl/N-ethyl adjacent to an activating group) is 1. The molecule has 1 amide bonds. The van der Waals surface area contributed by atoms with Gasteiger partial charge in [-0.15, -0.1) is 0 Å². The van der Waals surface area contributed by atoms with Crippen LogP contribution < -0.4 is 0 Å². The minimum Gasteiger partial charge on any atom is -0.480 e. The molecule has 1 fully saturated rings. The lowest BCUT2D eigenvalue weighted by Crippen LogP contribution is -2.37. The van der Waals surface area contributed by atoms with E-state index in [1.54, 1.807) is 0 Å². The Bertz CT molecular complexity index is 377. The van der Waals surface area contributed by atoms with Crippen LogP contribution in [0.25, 0.3) is 0 Å². The quantitative estimate of drug-likeness (QED) is 0.819. The summed E-state index contributed by atoms with van der Waals surface area (Å²) < 4.78 is 0. The molecule has 1 N–H and O–H groups in total. The molecule has 0 saturated carbocycles. The summed E-state index contributed by atoms with van der Waals surface area (Å²) in [6, 6.07) is 0.267. The summed E-state index contributed by atoms with van der Waals surface area (Å²) in [6.45, 7) is 8.24. The maximum atomic E-state index is 12.3. The van der Waals surface area contributed by atoms with Gasteiger partial charge in [-0.05, 0) is 44.6 Å². The van der Waals surface area contributed by atoms with Crippen LogP contribution in [-0.4, -0.2) is 59.5 Å². The van der Waals surface area contributed by atoms with Gasteiger partial charge in [0, 0.05) is 25.6 Å². The maximum Gasteiger partial charge on any atom is 0.317 e. The lowest BCUT2D eigenvalue weighted by molar-refractivity contribution is -0.138. The molecule has 22 heavy (non-hydrogen) atoms. The second kappa shape index (κ2) is 8.51. The van der Waals surface area contributed by atoms with Gasteiger partial charge in [-0.2, -0.15) is 0 Å². The molecule has 1 heterocycles. The lowest BCUT2D eigenvalue weighted by Gasteiger charge is -2.26. The fourth-order valence-corrected chi connectivity index (χ4v) is 3.04. The lowest BCUT2D eigenvalue weighted by atomic mass is 9.90. The van der Waals surface area contributed by atoms with Crippen LogP contribution in [0.3, 0.4) is 0 Å². The molecule has 5 heteroatoms. The van der Waals surface area contributed by atoms with Gasteiger partial charge in [0.25, 0.3) is 0 Å². The number of hydrogen-bond donors (Lipinski definition) is 1. The second-order valence-electron chi connectivity index (χ2n) is 7.69. The largest absolute Gasteiger partial charge is 0.480 e. The highest BCUT2D eigenvalue weighted by Crippen LogP contribution is 2.22. The Hall–Kier alpha value is -1.10. The van der Waals surface area contributed by atoms with Crippen LogP contribution in [-0.2, 0) is 9.59 Å². The van der Waals surface area contributed by atoms with Gasteiger partial charge >= 0.3 is 5.97 Å². The third-order valence-corrected chi connectivity index (χ3v) is 4.38. The van der Waals surface area contributed by atoms with Crippen molar-refractivity contribution in [2.24, 2.45) is 5.41 Å². The zero-order valence-corrected chi connectivity index (χ0v) is 14.6. The fraction of sp³-hybridized carbons (Fsp3) is 0.882. The van der Waals surface area contributed by atoms with Gasteiger partial charge in [-0.1, -0.05) is 20.8 Å². The first kappa shape index (κ1) is 18.9. The molecule has 128 valence electrons. The third-order valence-electron chi connectivity index (χ3n) is 4.38. The van der Waals surface area contributed by atoms with Gasteiger partial charge in [0.2, 0.25) is 5.91 Å². The van der Waals surface area contributed by atoms with Gasteiger partial charge in [0.1, 0.15) is 0 Å². The van der Waals surface area contributed by atoms with Crippen LogP contribution >= 0.6 is 0 Å². The molecular formula is C17H32N2O3. The molecule has 1 saturated heterocycles. The first-order valence-electron chi connectivity index (χ1n) is 8.39. The molecule has 0 aliphatic carbocycles. The number of hydrogen-bond acceptors (Lipinski definition) is 3. The molecule has 1 atom stereocenters. The number of nitrogens with zero attached hydrogens (tertiary/aromatic N) is 2. The molecule has 0 bridgehead atoms. The van der Waals surface area contributed by atoms with Crippen LogP contribution in [0.4, 0.5) is 0 Å². The van der Waals surface area contributed by atoms with Gasteiger partial charge in [0.15, 0.2) is 0 Å². The molecule has 1 aliphatic heterocycles. The second-order valence-corrected chi connectivity index (χ2v) is 7.69. The van der Waals surface area contributed by atoms with Crippen molar-refractivity contribution in [3.8, 4) is 0 Å². The number of carbonyl (C=O) groups excluding carboxylic acids is 1. The summed E-state index contributed by atoms with van der Waals surface area (Å²) in [5, 5.41) is 8.88. The van der Waals surface area contributed by atoms with Crippen LogP contribution in [0.15, 0.2) is 0 Å². The Kier molecular flexibility index (Phi) is 7.33. The Balaban J connectivity index is 2.38. The minimum atomic E-state index is -0.790. The van der Waals surface area contributed by atoms with Crippen LogP contribution in [0, 0.1) is 5.41 Å². The summed E-state index contributed by atoms with van der Waals surface area (Å²) in [5.41, 5.74) is 0.281. The summed E-state index contributed by atoms with van der Waals surface area (Å²) in [5.74, 6) is -0.535. The van der Waals surface area contributed by atoms with E-state index in [2.05, 4.69) is 20.8 Å².